The first-order valence-electron chi connectivity index (χ1n) is 5.63. The van der Waals surface area contributed by atoms with E-state index >= 15 is 0 Å². The molecule has 2 rings (SSSR count). The molecular formula is C9H14N4O5S. The third-order valence-electron chi connectivity index (χ3n) is 3.05. The minimum atomic E-state index is -4.18. The van der Waals surface area contributed by atoms with E-state index in [-0.39, 0.29) is 11.6 Å². The third-order valence-corrected chi connectivity index (χ3v) is 4.09. The molecule has 9 nitrogen and oxygen atoms in total. The molecule has 1 unspecified atom stereocenters. The average molecular weight is 290 g/mol. The van der Waals surface area contributed by atoms with Gasteiger partial charge in [-0.1, -0.05) is 0 Å². The summed E-state index contributed by atoms with van der Waals surface area (Å²) in [6.07, 6.45) is 0.817. The van der Waals surface area contributed by atoms with Gasteiger partial charge in [-0.05, 0) is 18.3 Å². The summed E-state index contributed by atoms with van der Waals surface area (Å²) in [5, 5.41) is 19.6. The summed E-state index contributed by atoms with van der Waals surface area (Å²) in [4.78, 5) is 9.50. The van der Waals surface area contributed by atoms with Crippen molar-refractivity contribution in [2.24, 2.45) is 11.1 Å². The lowest BCUT2D eigenvalue weighted by Gasteiger charge is -2.05. The molecule has 0 saturated carbocycles. The minimum absolute atomic E-state index is 0.173. The monoisotopic (exact) mass is 290 g/mol. The molecule has 1 saturated heterocycles. The van der Waals surface area contributed by atoms with Crippen LogP contribution in [0.25, 0.3) is 0 Å². The Kier molecular flexibility index (Phi) is 3.56. The molecular weight excluding hydrogens is 276 g/mol. The lowest BCUT2D eigenvalue weighted by Crippen LogP contribution is -2.16. The van der Waals surface area contributed by atoms with E-state index in [1.165, 1.54) is 11.6 Å². The predicted molar refractivity (Wildman–Crippen MR) is 63.9 cm³/mol. The smallest absolute Gasteiger partial charge is 0.381 e. The van der Waals surface area contributed by atoms with Crippen LogP contribution >= 0.6 is 0 Å². The molecule has 1 atom stereocenters. The predicted octanol–water partition coefficient (Wildman–Crippen LogP) is -0.216. The van der Waals surface area contributed by atoms with E-state index in [9.17, 15) is 18.5 Å². The van der Waals surface area contributed by atoms with Crippen LogP contribution in [0, 0.1) is 23.0 Å². The van der Waals surface area contributed by atoms with E-state index in [0.717, 1.165) is 6.42 Å². The van der Waals surface area contributed by atoms with Crippen molar-refractivity contribution in [3.63, 3.8) is 0 Å². The van der Waals surface area contributed by atoms with Crippen LogP contribution in [-0.2, 0) is 21.3 Å². The molecule has 1 fully saturated rings. The fourth-order valence-electron chi connectivity index (χ4n) is 2.12. The Hall–Kier alpha value is -1.52. The van der Waals surface area contributed by atoms with Crippen LogP contribution in [0.3, 0.4) is 0 Å². The average Bonchev–Trinajstić information content (AvgIpc) is 2.87. The number of sulfonamides is 1. The lowest BCUT2D eigenvalue weighted by atomic mass is 10.1. The van der Waals surface area contributed by atoms with Crippen LogP contribution in [0.1, 0.15) is 12.1 Å². The molecule has 0 spiro atoms. The number of aromatic nitrogens is 2. The zero-order valence-electron chi connectivity index (χ0n) is 10.3. The standard InChI is InChI=1S/C9H14N4O5S/c1-6-8(19(10,16)17)9(13(14)15)11-12(6)4-7-2-3-18-5-7/h7H,2-5H2,1H3,(H2,10,16,17). The van der Waals surface area contributed by atoms with E-state index in [0.29, 0.717) is 19.8 Å². The fraction of sp³-hybridized carbons (Fsp3) is 0.667. The number of hydrogen-bond acceptors (Lipinski definition) is 6. The number of nitrogens with zero attached hydrogens (tertiary/aromatic N) is 3. The summed E-state index contributed by atoms with van der Waals surface area (Å²) in [5.74, 6) is -0.551. The van der Waals surface area contributed by atoms with Gasteiger partial charge in [0.25, 0.3) is 0 Å². The van der Waals surface area contributed by atoms with Crippen molar-refractivity contribution >= 4 is 15.8 Å². The minimum Gasteiger partial charge on any atom is -0.381 e. The molecule has 106 valence electrons. The van der Waals surface area contributed by atoms with Gasteiger partial charge in [0.1, 0.15) is 0 Å². The first-order valence-corrected chi connectivity index (χ1v) is 7.17. The van der Waals surface area contributed by atoms with Crippen molar-refractivity contribution in [2.75, 3.05) is 13.2 Å². The molecule has 0 bridgehead atoms. The highest BCUT2D eigenvalue weighted by molar-refractivity contribution is 7.89. The summed E-state index contributed by atoms with van der Waals surface area (Å²) >= 11 is 0. The number of ether oxygens (including phenoxy) is 1. The molecule has 0 aliphatic carbocycles. The number of nitrogens with two attached hydrogens (primary N) is 1. The molecule has 0 radical (unpaired) electrons. The van der Waals surface area contributed by atoms with Crippen molar-refractivity contribution < 1.29 is 18.1 Å². The van der Waals surface area contributed by atoms with Gasteiger partial charge in [-0.3, -0.25) is 0 Å². The van der Waals surface area contributed by atoms with Gasteiger partial charge in [-0.2, -0.15) is 4.68 Å². The van der Waals surface area contributed by atoms with Gasteiger partial charge in [0.05, 0.1) is 23.9 Å². The van der Waals surface area contributed by atoms with Crippen molar-refractivity contribution in [3.05, 3.63) is 15.8 Å². The number of rotatable bonds is 4. The quantitative estimate of drug-likeness (QED) is 0.602. The highest BCUT2D eigenvalue weighted by atomic mass is 32.2. The van der Waals surface area contributed by atoms with Gasteiger partial charge in [0.2, 0.25) is 14.9 Å². The normalized spacial score (nSPS) is 19.8. The second-order valence-corrected chi connectivity index (χ2v) is 5.95. The van der Waals surface area contributed by atoms with E-state index in [2.05, 4.69) is 5.10 Å². The lowest BCUT2D eigenvalue weighted by molar-refractivity contribution is -0.392. The van der Waals surface area contributed by atoms with E-state index < -0.39 is 25.7 Å². The maximum Gasteiger partial charge on any atom is 0.410 e. The van der Waals surface area contributed by atoms with Crippen molar-refractivity contribution in [1.29, 1.82) is 0 Å². The molecule has 2 N–H and O–H groups in total. The Morgan fingerprint density at radius 1 is 1.63 bits per heavy atom. The van der Waals surface area contributed by atoms with Crippen LogP contribution in [0.5, 0.6) is 0 Å². The van der Waals surface area contributed by atoms with Crippen LogP contribution in [0.4, 0.5) is 5.82 Å². The Labute approximate surface area is 109 Å². The molecule has 0 amide bonds. The first-order chi connectivity index (χ1) is 8.80. The summed E-state index contributed by atoms with van der Waals surface area (Å²) in [5.41, 5.74) is 0.182. The van der Waals surface area contributed by atoms with Crippen LogP contribution in [-0.4, -0.2) is 36.3 Å². The molecule has 19 heavy (non-hydrogen) atoms. The SMILES string of the molecule is Cc1c(S(N)(=O)=O)c([N+](=O)[O-])nn1CC1CCOC1. The zero-order chi connectivity index (χ0) is 14.2. The van der Waals surface area contributed by atoms with Crippen LogP contribution in [0.15, 0.2) is 4.90 Å². The fourth-order valence-corrected chi connectivity index (χ4v) is 3.00. The van der Waals surface area contributed by atoms with Gasteiger partial charge in [0.15, 0.2) is 0 Å². The number of hydrogen-bond donors (Lipinski definition) is 1. The Bertz CT molecular complexity index is 602. The van der Waals surface area contributed by atoms with Crippen molar-refractivity contribution in [1.82, 2.24) is 9.78 Å². The molecule has 0 aromatic carbocycles. The molecule has 1 aliphatic rings. The second kappa shape index (κ2) is 4.87. The summed E-state index contributed by atoms with van der Waals surface area (Å²) in [6.45, 7) is 3.00. The molecule has 1 aromatic rings. The van der Waals surface area contributed by atoms with Crippen LogP contribution < -0.4 is 5.14 Å². The van der Waals surface area contributed by atoms with Gasteiger partial charge < -0.3 is 14.9 Å². The Balaban J connectivity index is 2.43. The van der Waals surface area contributed by atoms with Crippen LogP contribution in [0.2, 0.25) is 0 Å². The highest BCUT2D eigenvalue weighted by Crippen LogP contribution is 2.26. The molecule has 10 heteroatoms. The highest BCUT2D eigenvalue weighted by Gasteiger charge is 2.34. The maximum absolute atomic E-state index is 11.4. The summed E-state index contributed by atoms with van der Waals surface area (Å²) in [7, 11) is -4.18. The van der Waals surface area contributed by atoms with Gasteiger partial charge >= 0.3 is 5.82 Å². The third kappa shape index (κ3) is 2.74. The molecule has 1 aromatic heterocycles. The topological polar surface area (TPSA) is 130 Å². The maximum atomic E-state index is 11.4. The first kappa shape index (κ1) is 13.9. The van der Waals surface area contributed by atoms with Crippen molar-refractivity contribution in [3.8, 4) is 0 Å². The van der Waals surface area contributed by atoms with Gasteiger partial charge in [-0.25, -0.2) is 13.6 Å². The van der Waals surface area contributed by atoms with Gasteiger partial charge in [-0.15, -0.1) is 0 Å². The van der Waals surface area contributed by atoms with E-state index in [1.54, 1.807) is 0 Å². The summed E-state index contributed by atoms with van der Waals surface area (Å²) in [6, 6.07) is 0. The number of primary sulfonamides is 1. The van der Waals surface area contributed by atoms with Gasteiger partial charge in [0, 0.05) is 12.5 Å². The molecule has 1 aliphatic heterocycles. The molecule has 2 heterocycles. The second-order valence-electron chi connectivity index (χ2n) is 4.45. The van der Waals surface area contributed by atoms with E-state index in [1.807, 2.05) is 0 Å². The Morgan fingerprint density at radius 2 is 2.32 bits per heavy atom. The van der Waals surface area contributed by atoms with Crippen molar-refractivity contribution in [2.45, 2.75) is 24.8 Å². The van der Waals surface area contributed by atoms with E-state index in [4.69, 9.17) is 9.88 Å². The number of nitro groups is 1. The zero-order valence-corrected chi connectivity index (χ0v) is 11.1. The largest absolute Gasteiger partial charge is 0.410 e. The Morgan fingerprint density at radius 3 is 2.74 bits per heavy atom. The summed E-state index contributed by atoms with van der Waals surface area (Å²) < 4.78 is 29.4.